The lowest BCUT2D eigenvalue weighted by Gasteiger charge is -2.03. The Morgan fingerprint density at radius 2 is 2.24 bits per heavy atom. The molecule has 0 fully saturated rings. The number of rotatable bonds is 8. The molecule has 96 valence electrons. The molecule has 0 bridgehead atoms. The van der Waals surface area contributed by atoms with E-state index >= 15 is 0 Å². The molecule has 0 saturated carbocycles. The Morgan fingerprint density at radius 3 is 2.94 bits per heavy atom. The normalized spacial score (nSPS) is 10.5. The van der Waals surface area contributed by atoms with Gasteiger partial charge in [-0.1, -0.05) is 6.92 Å². The molecule has 0 aromatic carbocycles. The van der Waals surface area contributed by atoms with Crippen molar-refractivity contribution >= 4 is 5.91 Å². The average Bonchev–Trinajstić information content (AvgIpc) is 2.75. The van der Waals surface area contributed by atoms with Gasteiger partial charge in [0.15, 0.2) is 0 Å². The average molecular weight is 237 g/mol. The first-order chi connectivity index (χ1) is 8.26. The van der Waals surface area contributed by atoms with Crippen LogP contribution < -0.4 is 10.6 Å². The number of nitrogens with one attached hydrogen (secondary N) is 2. The zero-order valence-electron chi connectivity index (χ0n) is 10.8. The largest absolute Gasteiger partial charge is 0.356 e. The summed E-state index contributed by atoms with van der Waals surface area (Å²) in [6.07, 6.45) is 5.83. The number of aromatic nitrogens is 1. The van der Waals surface area contributed by atoms with Crippen molar-refractivity contribution in [2.75, 3.05) is 13.1 Å². The summed E-state index contributed by atoms with van der Waals surface area (Å²) in [5.74, 6) is 0.117. The summed E-state index contributed by atoms with van der Waals surface area (Å²) in [6, 6.07) is 2.10. The Bertz CT molecular complexity index is 333. The molecular formula is C13H23N3O. The maximum atomic E-state index is 11.3. The molecule has 1 heterocycles. The van der Waals surface area contributed by atoms with Crippen molar-refractivity contribution in [1.82, 2.24) is 15.2 Å². The highest BCUT2D eigenvalue weighted by Gasteiger charge is 2.01. The lowest BCUT2D eigenvalue weighted by molar-refractivity contribution is -0.121. The highest BCUT2D eigenvalue weighted by molar-refractivity contribution is 5.75. The van der Waals surface area contributed by atoms with Crippen molar-refractivity contribution in [2.24, 2.45) is 0 Å². The minimum absolute atomic E-state index is 0.117. The summed E-state index contributed by atoms with van der Waals surface area (Å²) < 4.78 is 2.07. The molecule has 1 rings (SSSR count). The van der Waals surface area contributed by atoms with Crippen LogP contribution in [0.3, 0.4) is 0 Å². The molecule has 0 aliphatic heterocycles. The van der Waals surface area contributed by atoms with Crippen molar-refractivity contribution < 1.29 is 4.79 Å². The SMILES string of the molecule is CCCNCc1ccn(CCC(=O)NCC)c1. The van der Waals surface area contributed by atoms with Crippen molar-refractivity contribution in [2.45, 2.75) is 39.8 Å². The van der Waals surface area contributed by atoms with E-state index in [0.717, 1.165) is 26.1 Å². The van der Waals surface area contributed by atoms with Gasteiger partial charge in [0.2, 0.25) is 5.91 Å². The van der Waals surface area contributed by atoms with Gasteiger partial charge in [0, 0.05) is 38.4 Å². The number of carbonyl (C=O) groups excluding carboxylic acids is 1. The highest BCUT2D eigenvalue weighted by atomic mass is 16.1. The summed E-state index contributed by atoms with van der Waals surface area (Å²) in [6.45, 7) is 7.50. The fraction of sp³-hybridized carbons (Fsp3) is 0.615. The van der Waals surface area contributed by atoms with Gasteiger partial charge >= 0.3 is 0 Å². The third-order valence-corrected chi connectivity index (χ3v) is 2.54. The number of amides is 1. The van der Waals surface area contributed by atoms with Gasteiger partial charge in [-0.15, -0.1) is 0 Å². The molecule has 4 nitrogen and oxygen atoms in total. The molecule has 0 saturated heterocycles. The van der Waals surface area contributed by atoms with Gasteiger partial charge in [0.25, 0.3) is 0 Å². The Morgan fingerprint density at radius 1 is 1.41 bits per heavy atom. The van der Waals surface area contributed by atoms with Crippen LogP contribution >= 0.6 is 0 Å². The molecule has 2 N–H and O–H groups in total. The number of hydrogen-bond donors (Lipinski definition) is 2. The van der Waals surface area contributed by atoms with Crippen LogP contribution in [0, 0.1) is 0 Å². The van der Waals surface area contributed by atoms with E-state index < -0.39 is 0 Å². The second-order valence-corrected chi connectivity index (χ2v) is 4.14. The number of aryl methyl sites for hydroxylation is 1. The van der Waals surface area contributed by atoms with Gasteiger partial charge in [0.1, 0.15) is 0 Å². The zero-order valence-corrected chi connectivity index (χ0v) is 10.8. The molecule has 17 heavy (non-hydrogen) atoms. The molecular weight excluding hydrogens is 214 g/mol. The molecule has 1 aromatic heterocycles. The topological polar surface area (TPSA) is 46.1 Å². The maximum Gasteiger partial charge on any atom is 0.221 e. The van der Waals surface area contributed by atoms with E-state index in [1.807, 2.05) is 13.1 Å². The van der Waals surface area contributed by atoms with Crippen LogP contribution in [-0.4, -0.2) is 23.6 Å². The third kappa shape index (κ3) is 5.54. The molecule has 0 aliphatic rings. The van der Waals surface area contributed by atoms with E-state index in [0.29, 0.717) is 13.0 Å². The van der Waals surface area contributed by atoms with Crippen LogP contribution in [0.1, 0.15) is 32.3 Å². The van der Waals surface area contributed by atoms with Gasteiger partial charge in [-0.05, 0) is 31.5 Å². The van der Waals surface area contributed by atoms with Crippen LogP contribution in [0.4, 0.5) is 0 Å². The van der Waals surface area contributed by atoms with Gasteiger partial charge in [0.05, 0.1) is 0 Å². The second kappa shape index (κ2) is 7.90. The van der Waals surface area contributed by atoms with E-state index in [1.54, 1.807) is 0 Å². The van der Waals surface area contributed by atoms with Gasteiger partial charge < -0.3 is 15.2 Å². The first-order valence-electron chi connectivity index (χ1n) is 6.38. The summed E-state index contributed by atoms with van der Waals surface area (Å²) in [7, 11) is 0. The van der Waals surface area contributed by atoms with Crippen LogP contribution in [0.15, 0.2) is 18.5 Å². The molecule has 0 atom stereocenters. The summed E-state index contributed by atoms with van der Waals surface area (Å²) in [4.78, 5) is 11.3. The summed E-state index contributed by atoms with van der Waals surface area (Å²) in [5.41, 5.74) is 1.27. The smallest absolute Gasteiger partial charge is 0.221 e. The van der Waals surface area contributed by atoms with Crippen LogP contribution in [-0.2, 0) is 17.9 Å². The fourth-order valence-electron chi connectivity index (χ4n) is 1.66. The third-order valence-electron chi connectivity index (χ3n) is 2.54. The van der Waals surface area contributed by atoms with Gasteiger partial charge in [-0.25, -0.2) is 0 Å². The number of hydrogen-bond acceptors (Lipinski definition) is 2. The molecule has 1 aromatic rings. The maximum absolute atomic E-state index is 11.3. The fourth-order valence-corrected chi connectivity index (χ4v) is 1.66. The lowest BCUT2D eigenvalue weighted by atomic mass is 10.3. The van der Waals surface area contributed by atoms with Gasteiger partial charge in [-0.3, -0.25) is 4.79 Å². The van der Waals surface area contributed by atoms with Crippen molar-refractivity contribution in [3.05, 3.63) is 24.0 Å². The van der Waals surface area contributed by atoms with E-state index in [1.165, 1.54) is 5.56 Å². The zero-order chi connectivity index (χ0) is 12.5. The highest BCUT2D eigenvalue weighted by Crippen LogP contribution is 2.02. The number of nitrogens with zero attached hydrogens (tertiary/aromatic N) is 1. The Kier molecular flexibility index (Phi) is 6.40. The Balaban J connectivity index is 2.27. The second-order valence-electron chi connectivity index (χ2n) is 4.14. The van der Waals surface area contributed by atoms with Crippen molar-refractivity contribution in [3.8, 4) is 0 Å². The molecule has 0 spiro atoms. The van der Waals surface area contributed by atoms with E-state index in [4.69, 9.17) is 0 Å². The lowest BCUT2D eigenvalue weighted by Crippen LogP contribution is -2.23. The predicted octanol–water partition coefficient (Wildman–Crippen LogP) is 1.51. The minimum atomic E-state index is 0.117. The first kappa shape index (κ1) is 13.8. The van der Waals surface area contributed by atoms with Crippen LogP contribution in [0.25, 0.3) is 0 Å². The van der Waals surface area contributed by atoms with Crippen molar-refractivity contribution in [1.29, 1.82) is 0 Å². The Hall–Kier alpha value is -1.29. The molecule has 0 unspecified atom stereocenters. The summed E-state index contributed by atoms with van der Waals surface area (Å²) in [5, 5.41) is 6.16. The van der Waals surface area contributed by atoms with Crippen LogP contribution in [0.5, 0.6) is 0 Å². The molecule has 0 aliphatic carbocycles. The van der Waals surface area contributed by atoms with Gasteiger partial charge in [-0.2, -0.15) is 0 Å². The van der Waals surface area contributed by atoms with E-state index in [-0.39, 0.29) is 5.91 Å². The first-order valence-corrected chi connectivity index (χ1v) is 6.38. The van der Waals surface area contributed by atoms with E-state index in [9.17, 15) is 4.79 Å². The van der Waals surface area contributed by atoms with Crippen molar-refractivity contribution in [3.63, 3.8) is 0 Å². The van der Waals surface area contributed by atoms with E-state index in [2.05, 4.69) is 34.4 Å². The predicted molar refractivity (Wildman–Crippen MR) is 69.7 cm³/mol. The monoisotopic (exact) mass is 237 g/mol. The Labute approximate surface area is 103 Å². The summed E-state index contributed by atoms with van der Waals surface area (Å²) >= 11 is 0. The molecule has 4 heteroatoms. The van der Waals surface area contributed by atoms with Crippen LogP contribution in [0.2, 0.25) is 0 Å². The molecule has 0 radical (unpaired) electrons. The molecule has 1 amide bonds. The quantitative estimate of drug-likeness (QED) is 0.673. The minimum Gasteiger partial charge on any atom is -0.356 e. The standard InChI is InChI=1S/C13H23N3O/c1-3-7-14-10-12-5-8-16(11-12)9-6-13(17)15-4-2/h5,8,11,14H,3-4,6-7,9-10H2,1-2H3,(H,15,17). The number of carbonyl (C=O) groups is 1.